The predicted molar refractivity (Wildman–Crippen MR) is 73.6 cm³/mol. The average Bonchev–Trinajstić information content (AvgIpc) is 2.74. The van der Waals surface area contributed by atoms with Gasteiger partial charge in [-0.1, -0.05) is 23.7 Å². The molecule has 1 aromatic heterocycles. The molecule has 1 N–H and O–H groups in total. The maximum absolute atomic E-state index is 5.85. The van der Waals surface area contributed by atoms with E-state index >= 15 is 0 Å². The fourth-order valence-corrected chi connectivity index (χ4v) is 2.65. The molecule has 0 saturated carbocycles. The summed E-state index contributed by atoms with van der Waals surface area (Å²) in [5.74, 6) is 0. The number of hydrogen-bond donors (Lipinski definition) is 1. The summed E-state index contributed by atoms with van der Waals surface area (Å²) in [5.41, 5.74) is 4.25. The van der Waals surface area contributed by atoms with Crippen molar-refractivity contribution < 1.29 is 0 Å². The second kappa shape index (κ2) is 5.63. The zero-order valence-corrected chi connectivity index (χ0v) is 11.5. The molecule has 4 heteroatoms. The lowest BCUT2D eigenvalue weighted by atomic mass is 10.2. The van der Waals surface area contributed by atoms with Gasteiger partial charge in [0.2, 0.25) is 0 Å². The number of hydrogen-bond acceptors (Lipinski definition) is 3. The summed E-state index contributed by atoms with van der Waals surface area (Å²) in [5, 5.41) is 4.27. The summed E-state index contributed by atoms with van der Waals surface area (Å²) in [4.78, 5) is 5.57. The minimum atomic E-state index is 0.332. The summed E-state index contributed by atoms with van der Waals surface area (Å²) in [7, 11) is 0. The summed E-state index contributed by atoms with van der Waals surface area (Å²) < 4.78 is 0. The molecular formula is C13H15ClN2S. The molecule has 0 bridgehead atoms. The maximum atomic E-state index is 5.85. The van der Waals surface area contributed by atoms with Crippen molar-refractivity contribution in [3.63, 3.8) is 0 Å². The van der Waals surface area contributed by atoms with Crippen molar-refractivity contribution in [2.45, 2.75) is 26.4 Å². The Morgan fingerprint density at radius 1 is 1.35 bits per heavy atom. The third-order valence-corrected chi connectivity index (χ3v) is 4.07. The maximum Gasteiger partial charge on any atom is 0.0798 e. The highest BCUT2D eigenvalue weighted by atomic mass is 35.5. The molecule has 1 aromatic carbocycles. The van der Waals surface area contributed by atoms with Gasteiger partial charge in [-0.05, 0) is 31.5 Å². The third kappa shape index (κ3) is 3.28. The largest absolute Gasteiger partial charge is 0.305 e. The molecule has 1 unspecified atom stereocenters. The lowest BCUT2D eigenvalue weighted by Gasteiger charge is -2.12. The number of benzene rings is 1. The number of aromatic nitrogens is 1. The van der Waals surface area contributed by atoms with Gasteiger partial charge in [-0.15, -0.1) is 11.3 Å². The van der Waals surface area contributed by atoms with Crippen molar-refractivity contribution in [3.05, 3.63) is 50.9 Å². The normalized spacial score (nSPS) is 12.6. The topological polar surface area (TPSA) is 24.9 Å². The highest BCUT2D eigenvalue weighted by Crippen LogP contribution is 2.21. The minimum absolute atomic E-state index is 0.332. The Labute approximate surface area is 111 Å². The van der Waals surface area contributed by atoms with E-state index in [1.54, 1.807) is 11.3 Å². The lowest BCUT2D eigenvalue weighted by molar-refractivity contribution is 0.579. The molecule has 1 atom stereocenters. The van der Waals surface area contributed by atoms with Crippen LogP contribution in [0.5, 0.6) is 0 Å². The van der Waals surface area contributed by atoms with E-state index in [2.05, 4.69) is 17.2 Å². The van der Waals surface area contributed by atoms with Crippen molar-refractivity contribution in [3.8, 4) is 0 Å². The van der Waals surface area contributed by atoms with Gasteiger partial charge in [0.05, 0.1) is 11.2 Å². The summed E-state index contributed by atoms with van der Waals surface area (Å²) >= 11 is 7.55. The number of rotatable bonds is 4. The Bertz CT molecular complexity index is 478. The fraction of sp³-hybridized carbons (Fsp3) is 0.308. The first kappa shape index (κ1) is 12.6. The lowest BCUT2D eigenvalue weighted by Crippen LogP contribution is -2.17. The molecule has 0 aliphatic rings. The summed E-state index contributed by atoms with van der Waals surface area (Å²) in [6.45, 7) is 5.05. The Balaban J connectivity index is 1.94. The van der Waals surface area contributed by atoms with Gasteiger partial charge in [-0.25, -0.2) is 4.98 Å². The van der Waals surface area contributed by atoms with Crippen molar-refractivity contribution >= 4 is 22.9 Å². The van der Waals surface area contributed by atoms with Crippen molar-refractivity contribution in [1.82, 2.24) is 10.3 Å². The van der Waals surface area contributed by atoms with Crippen LogP contribution in [0.1, 0.15) is 29.1 Å². The molecule has 1 heterocycles. The van der Waals surface area contributed by atoms with Gasteiger partial charge in [-0.2, -0.15) is 0 Å². The second-order valence-electron chi connectivity index (χ2n) is 4.03. The Morgan fingerprint density at radius 2 is 2.06 bits per heavy atom. The van der Waals surface area contributed by atoms with Crippen LogP contribution in [0.4, 0.5) is 0 Å². The standard InChI is InChI=1S/C13H15ClN2S/c1-9(13-10(2)16-8-17-13)15-7-11-3-5-12(14)6-4-11/h3-6,8-9,15H,7H2,1-2H3. The molecule has 0 amide bonds. The Hall–Kier alpha value is -0.900. The molecule has 2 rings (SSSR count). The van der Waals surface area contributed by atoms with E-state index in [1.807, 2.05) is 36.7 Å². The highest BCUT2D eigenvalue weighted by molar-refractivity contribution is 7.09. The first-order chi connectivity index (χ1) is 8.16. The van der Waals surface area contributed by atoms with Crippen molar-refractivity contribution in [2.24, 2.45) is 0 Å². The molecule has 0 fully saturated rings. The second-order valence-corrected chi connectivity index (χ2v) is 5.35. The molecule has 0 saturated heterocycles. The van der Waals surface area contributed by atoms with Crippen LogP contribution in [0.2, 0.25) is 5.02 Å². The number of nitrogens with one attached hydrogen (secondary N) is 1. The molecule has 90 valence electrons. The summed E-state index contributed by atoms with van der Waals surface area (Å²) in [6, 6.07) is 8.25. The van der Waals surface area contributed by atoms with E-state index in [0.29, 0.717) is 6.04 Å². The third-order valence-electron chi connectivity index (χ3n) is 2.70. The molecule has 0 aliphatic carbocycles. The van der Waals surface area contributed by atoms with Crippen LogP contribution in [0.25, 0.3) is 0 Å². The summed E-state index contributed by atoms with van der Waals surface area (Å²) in [6.07, 6.45) is 0. The molecule has 0 radical (unpaired) electrons. The monoisotopic (exact) mass is 266 g/mol. The first-order valence-corrected chi connectivity index (χ1v) is 6.80. The highest BCUT2D eigenvalue weighted by Gasteiger charge is 2.09. The first-order valence-electron chi connectivity index (χ1n) is 5.54. The zero-order chi connectivity index (χ0) is 12.3. The number of thiazole rings is 1. The van der Waals surface area contributed by atoms with E-state index in [-0.39, 0.29) is 0 Å². The molecule has 2 nitrogen and oxygen atoms in total. The van der Waals surface area contributed by atoms with Crippen LogP contribution < -0.4 is 5.32 Å². The quantitative estimate of drug-likeness (QED) is 0.906. The molecular weight excluding hydrogens is 252 g/mol. The van der Waals surface area contributed by atoms with Crippen LogP contribution in [0.15, 0.2) is 29.8 Å². The number of aryl methyl sites for hydroxylation is 1. The molecule has 0 aliphatic heterocycles. The van der Waals surface area contributed by atoms with E-state index in [4.69, 9.17) is 11.6 Å². The van der Waals surface area contributed by atoms with Crippen LogP contribution in [0, 0.1) is 6.92 Å². The van der Waals surface area contributed by atoms with Gasteiger partial charge in [0.15, 0.2) is 0 Å². The smallest absolute Gasteiger partial charge is 0.0798 e. The number of nitrogens with zero attached hydrogens (tertiary/aromatic N) is 1. The van der Waals surface area contributed by atoms with E-state index < -0.39 is 0 Å². The van der Waals surface area contributed by atoms with Gasteiger partial charge in [0.25, 0.3) is 0 Å². The molecule has 17 heavy (non-hydrogen) atoms. The van der Waals surface area contributed by atoms with E-state index in [1.165, 1.54) is 10.4 Å². The van der Waals surface area contributed by atoms with Crippen LogP contribution in [-0.4, -0.2) is 4.98 Å². The van der Waals surface area contributed by atoms with E-state index in [0.717, 1.165) is 17.3 Å². The van der Waals surface area contributed by atoms with E-state index in [9.17, 15) is 0 Å². The minimum Gasteiger partial charge on any atom is -0.305 e. The van der Waals surface area contributed by atoms with Gasteiger partial charge in [0, 0.05) is 22.5 Å². The van der Waals surface area contributed by atoms with Crippen LogP contribution in [0.3, 0.4) is 0 Å². The fourth-order valence-electron chi connectivity index (χ4n) is 1.69. The van der Waals surface area contributed by atoms with Gasteiger partial charge < -0.3 is 5.32 Å². The van der Waals surface area contributed by atoms with Gasteiger partial charge in [-0.3, -0.25) is 0 Å². The SMILES string of the molecule is Cc1ncsc1C(C)NCc1ccc(Cl)cc1. The predicted octanol–water partition coefficient (Wildman–Crippen LogP) is 3.96. The molecule has 2 aromatic rings. The Morgan fingerprint density at radius 3 is 2.65 bits per heavy atom. The number of halogens is 1. The zero-order valence-electron chi connectivity index (χ0n) is 9.90. The average molecular weight is 267 g/mol. The van der Waals surface area contributed by atoms with Crippen LogP contribution in [-0.2, 0) is 6.54 Å². The van der Waals surface area contributed by atoms with Crippen LogP contribution >= 0.6 is 22.9 Å². The Kier molecular flexibility index (Phi) is 4.15. The van der Waals surface area contributed by atoms with Crippen molar-refractivity contribution in [2.75, 3.05) is 0 Å². The van der Waals surface area contributed by atoms with Gasteiger partial charge >= 0.3 is 0 Å². The van der Waals surface area contributed by atoms with Gasteiger partial charge in [0.1, 0.15) is 0 Å². The molecule has 0 spiro atoms. The van der Waals surface area contributed by atoms with Crippen molar-refractivity contribution in [1.29, 1.82) is 0 Å².